The van der Waals surface area contributed by atoms with Gasteiger partial charge in [0.05, 0.1) is 12.3 Å². The van der Waals surface area contributed by atoms with Crippen LogP contribution in [0.2, 0.25) is 0 Å². The van der Waals surface area contributed by atoms with Crippen LogP contribution in [-0.4, -0.2) is 35.9 Å². The van der Waals surface area contributed by atoms with Gasteiger partial charge in [-0.05, 0) is 19.4 Å². The molecule has 0 unspecified atom stereocenters. The first-order chi connectivity index (χ1) is 9.01. The van der Waals surface area contributed by atoms with Gasteiger partial charge in [-0.1, -0.05) is 0 Å². The highest BCUT2D eigenvalue weighted by Gasteiger charge is 2.13. The number of rotatable bonds is 5. The Balaban J connectivity index is 2.91. The highest BCUT2D eigenvalue weighted by Crippen LogP contribution is 2.04. The summed E-state index contributed by atoms with van der Waals surface area (Å²) >= 11 is 0. The van der Waals surface area contributed by atoms with Gasteiger partial charge in [0.2, 0.25) is 5.91 Å². The second-order valence-electron chi connectivity index (χ2n) is 4.00. The van der Waals surface area contributed by atoms with Crippen molar-refractivity contribution in [2.24, 2.45) is 0 Å². The molecule has 0 spiro atoms. The van der Waals surface area contributed by atoms with Crippen molar-refractivity contribution < 1.29 is 9.53 Å². The van der Waals surface area contributed by atoms with E-state index in [1.54, 1.807) is 13.8 Å². The molecule has 1 amide bonds. The molecule has 7 heteroatoms. The fourth-order valence-corrected chi connectivity index (χ4v) is 1.50. The van der Waals surface area contributed by atoms with Crippen LogP contribution >= 0.6 is 0 Å². The number of carbonyl (C=O) groups is 1. The number of aromatic nitrogens is 2. The van der Waals surface area contributed by atoms with Gasteiger partial charge in [0, 0.05) is 13.7 Å². The normalized spacial score (nSPS) is 10.0. The number of nitrogens with one attached hydrogen (secondary N) is 1. The topological polar surface area (TPSA) is 97.0 Å². The molecule has 1 aromatic heterocycles. The van der Waals surface area contributed by atoms with E-state index in [9.17, 15) is 9.59 Å². The third-order valence-corrected chi connectivity index (χ3v) is 2.67. The predicted molar refractivity (Wildman–Crippen MR) is 67.6 cm³/mol. The largest absolute Gasteiger partial charge is 0.383 e. The summed E-state index contributed by atoms with van der Waals surface area (Å²) < 4.78 is 5.80. The fourth-order valence-electron chi connectivity index (χ4n) is 1.50. The van der Waals surface area contributed by atoms with Crippen LogP contribution in [0.3, 0.4) is 0 Å². The van der Waals surface area contributed by atoms with Crippen molar-refractivity contribution in [3.8, 4) is 6.07 Å². The average Bonchev–Trinajstić information content (AvgIpc) is 2.37. The van der Waals surface area contributed by atoms with Gasteiger partial charge in [0.25, 0.3) is 5.56 Å². The number of methoxy groups -OCH3 is 1. The molecule has 7 nitrogen and oxygen atoms in total. The molecule has 0 aromatic carbocycles. The van der Waals surface area contributed by atoms with Crippen molar-refractivity contribution in [1.82, 2.24) is 15.1 Å². The maximum Gasteiger partial charge on any atom is 0.285 e. The molecule has 0 aliphatic carbocycles. The minimum atomic E-state index is -0.549. The van der Waals surface area contributed by atoms with Crippen molar-refractivity contribution >= 4 is 5.91 Å². The lowest BCUT2D eigenvalue weighted by Gasteiger charge is -2.09. The van der Waals surface area contributed by atoms with E-state index in [4.69, 9.17) is 10.00 Å². The molecule has 0 aliphatic rings. The van der Waals surface area contributed by atoms with Crippen LogP contribution in [0.4, 0.5) is 0 Å². The van der Waals surface area contributed by atoms with Gasteiger partial charge in [-0.25, -0.2) is 4.68 Å². The number of nitrogens with zero attached hydrogens (tertiary/aromatic N) is 3. The molecule has 102 valence electrons. The Labute approximate surface area is 110 Å². The van der Waals surface area contributed by atoms with Crippen molar-refractivity contribution in [3.63, 3.8) is 0 Å². The van der Waals surface area contributed by atoms with Crippen LogP contribution in [-0.2, 0) is 16.1 Å². The van der Waals surface area contributed by atoms with Gasteiger partial charge in [-0.15, -0.1) is 0 Å². The Bertz CT molecular complexity index is 572. The van der Waals surface area contributed by atoms with Gasteiger partial charge in [-0.2, -0.15) is 10.4 Å². The van der Waals surface area contributed by atoms with Crippen LogP contribution in [0.5, 0.6) is 0 Å². The molecule has 1 aromatic rings. The van der Waals surface area contributed by atoms with Crippen LogP contribution in [0.15, 0.2) is 4.79 Å². The molecular formula is C12H16N4O3. The van der Waals surface area contributed by atoms with Crippen molar-refractivity contribution in [1.29, 1.82) is 5.26 Å². The molecule has 19 heavy (non-hydrogen) atoms. The molecule has 1 heterocycles. The number of aryl methyl sites for hydroxylation is 1. The third-order valence-electron chi connectivity index (χ3n) is 2.67. The lowest BCUT2D eigenvalue weighted by Crippen LogP contribution is -2.36. The number of hydrogen-bond donors (Lipinski definition) is 1. The first-order valence-corrected chi connectivity index (χ1v) is 5.75. The van der Waals surface area contributed by atoms with E-state index in [1.807, 2.05) is 6.07 Å². The first-order valence-electron chi connectivity index (χ1n) is 5.75. The lowest BCUT2D eigenvalue weighted by atomic mass is 10.1. The molecule has 1 rings (SSSR count). The van der Waals surface area contributed by atoms with Crippen LogP contribution in [0.1, 0.15) is 16.8 Å². The Morgan fingerprint density at radius 2 is 2.21 bits per heavy atom. The Kier molecular flexibility index (Phi) is 5.21. The number of hydrogen-bond acceptors (Lipinski definition) is 5. The maximum absolute atomic E-state index is 11.9. The third kappa shape index (κ3) is 3.63. The number of amides is 1. The number of nitriles is 1. The average molecular weight is 264 g/mol. The fraction of sp³-hybridized carbons (Fsp3) is 0.500. The quantitative estimate of drug-likeness (QED) is 0.723. The Hall–Kier alpha value is -2.20. The monoisotopic (exact) mass is 264 g/mol. The summed E-state index contributed by atoms with van der Waals surface area (Å²) in [6, 6.07) is 1.85. The van der Waals surface area contributed by atoms with E-state index < -0.39 is 5.56 Å². The van der Waals surface area contributed by atoms with E-state index >= 15 is 0 Å². The van der Waals surface area contributed by atoms with Crippen molar-refractivity contribution in [2.75, 3.05) is 20.3 Å². The minimum Gasteiger partial charge on any atom is -0.383 e. The van der Waals surface area contributed by atoms with Gasteiger partial charge >= 0.3 is 0 Å². The summed E-state index contributed by atoms with van der Waals surface area (Å²) in [5, 5.41) is 15.5. The second-order valence-corrected chi connectivity index (χ2v) is 4.00. The molecule has 0 atom stereocenters. The molecule has 0 saturated carbocycles. The number of ether oxygens (including phenoxy) is 1. The van der Waals surface area contributed by atoms with Crippen LogP contribution < -0.4 is 10.9 Å². The molecular weight excluding hydrogens is 248 g/mol. The zero-order valence-electron chi connectivity index (χ0n) is 11.2. The van der Waals surface area contributed by atoms with E-state index in [-0.39, 0.29) is 18.0 Å². The summed E-state index contributed by atoms with van der Waals surface area (Å²) in [6.45, 7) is 3.89. The Morgan fingerprint density at radius 3 is 2.79 bits per heavy atom. The van der Waals surface area contributed by atoms with Gasteiger partial charge in [-0.3, -0.25) is 9.59 Å². The molecule has 0 bridgehead atoms. The lowest BCUT2D eigenvalue weighted by molar-refractivity contribution is -0.122. The second kappa shape index (κ2) is 6.66. The van der Waals surface area contributed by atoms with E-state index in [0.29, 0.717) is 24.4 Å². The highest BCUT2D eigenvalue weighted by atomic mass is 16.5. The molecule has 1 N–H and O–H groups in total. The van der Waals surface area contributed by atoms with Crippen molar-refractivity contribution in [3.05, 3.63) is 27.2 Å². The smallest absolute Gasteiger partial charge is 0.285 e. The summed E-state index contributed by atoms with van der Waals surface area (Å²) in [5.41, 5.74) is 0.578. The van der Waals surface area contributed by atoms with Crippen LogP contribution in [0.25, 0.3) is 0 Å². The SMILES string of the molecule is COCCNC(=O)Cn1nc(C)c(C)c(C#N)c1=O. The van der Waals surface area contributed by atoms with Crippen LogP contribution in [0, 0.1) is 25.2 Å². The Morgan fingerprint density at radius 1 is 1.53 bits per heavy atom. The molecule has 0 saturated heterocycles. The molecule has 0 fully saturated rings. The zero-order chi connectivity index (χ0) is 14.4. The van der Waals surface area contributed by atoms with Gasteiger partial charge in [0.1, 0.15) is 18.2 Å². The van der Waals surface area contributed by atoms with Crippen molar-refractivity contribution in [2.45, 2.75) is 20.4 Å². The molecule has 0 aliphatic heterocycles. The first kappa shape index (κ1) is 14.9. The summed E-state index contributed by atoms with van der Waals surface area (Å²) in [4.78, 5) is 23.5. The summed E-state index contributed by atoms with van der Waals surface area (Å²) in [6.07, 6.45) is 0. The number of carbonyl (C=O) groups excluding carboxylic acids is 1. The van der Waals surface area contributed by atoms with Gasteiger partial charge < -0.3 is 10.1 Å². The zero-order valence-corrected chi connectivity index (χ0v) is 11.2. The maximum atomic E-state index is 11.9. The van der Waals surface area contributed by atoms with Gasteiger partial charge in [0.15, 0.2) is 0 Å². The van der Waals surface area contributed by atoms with E-state index in [0.717, 1.165) is 4.68 Å². The molecule has 0 radical (unpaired) electrons. The van der Waals surface area contributed by atoms with E-state index in [1.165, 1.54) is 7.11 Å². The summed E-state index contributed by atoms with van der Waals surface area (Å²) in [5.74, 6) is -0.348. The minimum absolute atomic E-state index is 0.0252. The standard InChI is InChI=1S/C12H16N4O3/c1-8-9(2)15-16(12(18)10(8)6-13)7-11(17)14-4-5-19-3/h4-5,7H2,1-3H3,(H,14,17). The predicted octanol–water partition coefficient (Wildman–Crippen LogP) is -0.506. The highest BCUT2D eigenvalue weighted by molar-refractivity contribution is 5.75. The summed E-state index contributed by atoms with van der Waals surface area (Å²) in [7, 11) is 1.53. The van der Waals surface area contributed by atoms with E-state index in [2.05, 4.69) is 10.4 Å².